The van der Waals surface area contributed by atoms with E-state index in [0.29, 0.717) is 11.6 Å². The van der Waals surface area contributed by atoms with Crippen LogP contribution >= 0.6 is 11.3 Å². The highest BCUT2D eigenvalue weighted by Gasteiger charge is 2.38. The van der Waals surface area contributed by atoms with Gasteiger partial charge in [0.2, 0.25) is 5.91 Å². The first-order valence-electron chi connectivity index (χ1n) is 9.56. The molecule has 0 saturated carbocycles. The Kier molecular flexibility index (Phi) is 5.48. The number of fused-ring (bicyclic) bond motifs is 1. The molecule has 0 unspecified atom stereocenters. The molecule has 29 heavy (non-hydrogen) atoms. The molecule has 2 aromatic rings. The minimum absolute atomic E-state index is 0.103. The van der Waals surface area contributed by atoms with Crippen LogP contribution in [0.1, 0.15) is 29.0 Å². The van der Waals surface area contributed by atoms with Crippen LogP contribution in [0.5, 0.6) is 5.75 Å². The molecule has 0 radical (unpaired) electrons. The second-order valence-corrected chi connectivity index (χ2v) is 8.17. The lowest BCUT2D eigenvalue weighted by Crippen LogP contribution is -2.34. The zero-order valence-corrected chi connectivity index (χ0v) is 16.9. The fourth-order valence-electron chi connectivity index (χ4n) is 3.56. The molecule has 1 aromatic carbocycles. The predicted molar refractivity (Wildman–Crippen MR) is 108 cm³/mol. The molecule has 1 aliphatic carbocycles. The van der Waals surface area contributed by atoms with E-state index in [2.05, 4.69) is 15.6 Å². The molecule has 152 valence electrons. The molecule has 1 atom stereocenters. The Balaban J connectivity index is 1.30. The van der Waals surface area contributed by atoms with Crippen LogP contribution in [0.3, 0.4) is 0 Å². The number of aromatic nitrogens is 1. The summed E-state index contributed by atoms with van der Waals surface area (Å²) in [5.41, 5.74) is 2.05. The van der Waals surface area contributed by atoms with Gasteiger partial charge in [0.25, 0.3) is 5.91 Å². The number of benzene rings is 1. The van der Waals surface area contributed by atoms with Crippen LogP contribution < -0.4 is 15.4 Å². The molecule has 1 fully saturated rings. The standard InChI is InChI=1S/C20H22N4O4S/c1-28-13-7-5-12(6-8-13)9-10-24-18(26)15(22-20(24)27)11-17(25)23-19-21-14-3-2-4-16(14)29-19/h5-8,15H,2-4,9-11H2,1H3,(H,22,27)(H,21,23,25)/t15-/m1/s1. The van der Waals surface area contributed by atoms with E-state index in [9.17, 15) is 14.4 Å². The van der Waals surface area contributed by atoms with Crippen LogP contribution in [0.4, 0.5) is 9.93 Å². The monoisotopic (exact) mass is 414 g/mol. The van der Waals surface area contributed by atoms with E-state index in [0.717, 1.165) is 36.3 Å². The number of anilines is 1. The van der Waals surface area contributed by atoms with Gasteiger partial charge >= 0.3 is 6.03 Å². The maximum atomic E-state index is 12.6. The number of hydrogen-bond donors (Lipinski definition) is 2. The van der Waals surface area contributed by atoms with Crippen LogP contribution in [0.25, 0.3) is 0 Å². The molecule has 2 heterocycles. The highest BCUT2D eigenvalue weighted by molar-refractivity contribution is 7.15. The van der Waals surface area contributed by atoms with Crippen LogP contribution in [0.2, 0.25) is 0 Å². The van der Waals surface area contributed by atoms with Gasteiger partial charge in [-0.3, -0.25) is 14.5 Å². The minimum atomic E-state index is -0.842. The van der Waals surface area contributed by atoms with Crippen LogP contribution in [-0.2, 0) is 28.9 Å². The Morgan fingerprint density at radius 2 is 2.10 bits per heavy atom. The van der Waals surface area contributed by atoms with E-state index in [4.69, 9.17) is 4.74 Å². The Labute approximate surface area is 172 Å². The number of aryl methyl sites for hydroxylation is 2. The SMILES string of the molecule is COc1ccc(CCN2C(=O)N[C@H](CC(=O)Nc3nc4c(s3)CCC4)C2=O)cc1. The van der Waals surface area contributed by atoms with E-state index in [1.165, 1.54) is 21.1 Å². The number of hydrogen-bond acceptors (Lipinski definition) is 6. The van der Waals surface area contributed by atoms with E-state index < -0.39 is 12.1 Å². The summed E-state index contributed by atoms with van der Waals surface area (Å²) in [4.78, 5) is 43.9. The minimum Gasteiger partial charge on any atom is -0.497 e. The fraction of sp³-hybridized carbons (Fsp3) is 0.400. The zero-order valence-electron chi connectivity index (χ0n) is 16.1. The first-order chi connectivity index (χ1) is 14.0. The maximum Gasteiger partial charge on any atom is 0.324 e. The Hall–Kier alpha value is -2.94. The van der Waals surface area contributed by atoms with E-state index in [-0.39, 0.29) is 24.8 Å². The second kappa shape index (κ2) is 8.20. The first-order valence-corrected chi connectivity index (χ1v) is 10.4. The van der Waals surface area contributed by atoms with Crippen molar-refractivity contribution in [1.82, 2.24) is 15.2 Å². The van der Waals surface area contributed by atoms with Crippen molar-refractivity contribution in [3.63, 3.8) is 0 Å². The lowest BCUT2D eigenvalue weighted by molar-refractivity contribution is -0.129. The van der Waals surface area contributed by atoms with Crippen molar-refractivity contribution in [3.8, 4) is 5.75 Å². The van der Waals surface area contributed by atoms with Crippen LogP contribution in [-0.4, -0.2) is 47.4 Å². The van der Waals surface area contributed by atoms with Crippen LogP contribution in [0, 0.1) is 0 Å². The summed E-state index contributed by atoms with van der Waals surface area (Å²) in [5, 5.41) is 5.92. The van der Waals surface area contributed by atoms with Gasteiger partial charge in [-0.15, -0.1) is 11.3 Å². The van der Waals surface area contributed by atoms with Crippen molar-refractivity contribution in [3.05, 3.63) is 40.4 Å². The highest BCUT2D eigenvalue weighted by Crippen LogP contribution is 2.30. The molecule has 4 rings (SSSR count). The Bertz CT molecular complexity index is 919. The average molecular weight is 414 g/mol. The Morgan fingerprint density at radius 1 is 1.31 bits per heavy atom. The van der Waals surface area contributed by atoms with E-state index in [1.54, 1.807) is 7.11 Å². The molecular formula is C20H22N4O4S. The quantitative estimate of drug-likeness (QED) is 0.676. The summed E-state index contributed by atoms with van der Waals surface area (Å²) in [6.45, 7) is 0.258. The van der Waals surface area contributed by atoms with Gasteiger partial charge in [-0.25, -0.2) is 9.78 Å². The predicted octanol–water partition coefficient (Wildman–Crippen LogP) is 2.13. The third kappa shape index (κ3) is 4.24. The van der Waals surface area contributed by atoms with E-state index >= 15 is 0 Å². The van der Waals surface area contributed by atoms with Crippen molar-refractivity contribution in [2.75, 3.05) is 19.0 Å². The van der Waals surface area contributed by atoms with Gasteiger partial charge in [0, 0.05) is 11.4 Å². The molecule has 9 heteroatoms. The normalized spacial score (nSPS) is 18.0. The lowest BCUT2D eigenvalue weighted by Gasteiger charge is -2.13. The summed E-state index contributed by atoms with van der Waals surface area (Å²) in [7, 11) is 1.60. The van der Waals surface area contributed by atoms with Crippen molar-refractivity contribution in [2.24, 2.45) is 0 Å². The smallest absolute Gasteiger partial charge is 0.324 e. The number of ether oxygens (including phenoxy) is 1. The number of imide groups is 1. The maximum absolute atomic E-state index is 12.6. The molecule has 0 bridgehead atoms. The molecular weight excluding hydrogens is 392 g/mol. The number of thiazole rings is 1. The fourth-order valence-corrected chi connectivity index (χ4v) is 4.63. The third-order valence-corrected chi connectivity index (χ3v) is 6.19. The number of nitrogens with one attached hydrogen (secondary N) is 2. The van der Waals surface area contributed by atoms with Crippen molar-refractivity contribution < 1.29 is 19.1 Å². The number of carbonyl (C=O) groups is 3. The van der Waals surface area contributed by atoms with Crippen molar-refractivity contribution in [1.29, 1.82) is 0 Å². The summed E-state index contributed by atoms with van der Waals surface area (Å²) >= 11 is 1.48. The summed E-state index contributed by atoms with van der Waals surface area (Å²) in [6.07, 6.45) is 3.49. The highest BCUT2D eigenvalue weighted by atomic mass is 32.1. The number of rotatable bonds is 7. The molecule has 2 aliphatic rings. The number of nitrogens with zero attached hydrogens (tertiary/aromatic N) is 2. The van der Waals surface area contributed by atoms with Crippen LogP contribution in [0.15, 0.2) is 24.3 Å². The van der Waals surface area contributed by atoms with Gasteiger partial charge in [0.1, 0.15) is 11.8 Å². The van der Waals surface area contributed by atoms with Gasteiger partial charge < -0.3 is 15.4 Å². The molecule has 1 aromatic heterocycles. The number of carbonyl (C=O) groups excluding carboxylic acids is 3. The molecule has 2 N–H and O–H groups in total. The van der Waals surface area contributed by atoms with E-state index in [1.807, 2.05) is 24.3 Å². The van der Waals surface area contributed by atoms with Gasteiger partial charge in [-0.2, -0.15) is 0 Å². The van der Waals surface area contributed by atoms with Gasteiger partial charge in [-0.05, 0) is 43.4 Å². The largest absolute Gasteiger partial charge is 0.497 e. The van der Waals surface area contributed by atoms with Gasteiger partial charge in [0.15, 0.2) is 5.13 Å². The topological polar surface area (TPSA) is 101 Å². The molecule has 4 amide bonds. The summed E-state index contributed by atoms with van der Waals surface area (Å²) in [5.74, 6) is 0.0497. The molecule has 8 nitrogen and oxygen atoms in total. The summed E-state index contributed by atoms with van der Waals surface area (Å²) < 4.78 is 5.12. The number of urea groups is 1. The second-order valence-electron chi connectivity index (χ2n) is 7.08. The number of methoxy groups -OCH3 is 1. The van der Waals surface area contributed by atoms with Gasteiger partial charge in [0.05, 0.1) is 19.2 Å². The molecule has 1 saturated heterocycles. The zero-order chi connectivity index (χ0) is 20.4. The number of amides is 4. The molecule has 1 aliphatic heterocycles. The van der Waals surface area contributed by atoms with Gasteiger partial charge in [-0.1, -0.05) is 12.1 Å². The molecule has 0 spiro atoms. The summed E-state index contributed by atoms with van der Waals surface area (Å²) in [6, 6.07) is 6.16. The Morgan fingerprint density at radius 3 is 2.83 bits per heavy atom. The first kappa shape index (κ1) is 19.4. The average Bonchev–Trinajstić information content (AvgIpc) is 3.35. The third-order valence-electron chi connectivity index (χ3n) is 5.12. The lowest BCUT2D eigenvalue weighted by atomic mass is 10.1. The van der Waals surface area contributed by atoms with Crippen molar-refractivity contribution >= 4 is 34.3 Å². The van der Waals surface area contributed by atoms with Crippen molar-refractivity contribution in [2.45, 2.75) is 38.1 Å².